The zero-order chi connectivity index (χ0) is 27.2. The Bertz CT molecular complexity index is 1350. The number of nitrogens with zero attached hydrogens (tertiary/aromatic N) is 2. The van der Waals surface area contributed by atoms with E-state index in [1.54, 1.807) is 18.2 Å². The van der Waals surface area contributed by atoms with Gasteiger partial charge in [0.25, 0.3) is 0 Å². The second-order valence-corrected chi connectivity index (χ2v) is 11.8. The van der Waals surface area contributed by atoms with Crippen LogP contribution >= 0.6 is 0 Å². The number of benzene rings is 3. The summed E-state index contributed by atoms with van der Waals surface area (Å²) in [6, 6.07) is 19.4. The van der Waals surface area contributed by atoms with Gasteiger partial charge in [0.15, 0.2) is 0 Å². The summed E-state index contributed by atoms with van der Waals surface area (Å²) < 4.78 is 27.8. The number of hydrogen-bond donors (Lipinski definition) is 1. The lowest BCUT2D eigenvalue weighted by Crippen LogP contribution is -2.52. The SMILES string of the molecule is CC[C@@H](C(=O)NCC(C)C)N(Cc1ccccc1C)C(=O)CN(C)S(=O)(=O)c1ccc2ccccc2c1. The number of nitrogens with one attached hydrogen (secondary N) is 1. The van der Waals surface area contributed by atoms with Gasteiger partial charge in [0.1, 0.15) is 6.04 Å². The fourth-order valence-corrected chi connectivity index (χ4v) is 5.34. The highest BCUT2D eigenvalue weighted by Gasteiger charge is 2.32. The van der Waals surface area contributed by atoms with Crippen LogP contribution in [0, 0.1) is 12.8 Å². The van der Waals surface area contributed by atoms with Gasteiger partial charge < -0.3 is 10.2 Å². The fourth-order valence-electron chi connectivity index (χ4n) is 4.19. The molecule has 198 valence electrons. The van der Waals surface area contributed by atoms with Gasteiger partial charge >= 0.3 is 0 Å². The highest BCUT2D eigenvalue weighted by Crippen LogP contribution is 2.22. The molecule has 0 saturated carbocycles. The molecule has 0 heterocycles. The first kappa shape index (κ1) is 28.3. The number of aryl methyl sites for hydroxylation is 1. The fraction of sp³-hybridized carbons (Fsp3) is 0.379. The minimum atomic E-state index is -3.93. The monoisotopic (exact) mass is 523 g/mol. The maximum Gasteiger partial charge on any atom is 0.243 e. The van der Waals surface area contributed by atoms with Crippen LogP contribution in [0.3, 0.4) is 0 Å². The maximum atomic E-state index is 13.6. The van der Waals surface area contributed by atoms with Gasteiger partial charge in [-0.05, 0) is 53.3 Å². The standard InChI is InChI=1S/C29H37N3O4S/c1-6-27(29(34)30-18-21(2)3)32(19-25-14-8-7-11-22(25)4)28(33)20-31(5)37(35,36)26-16-15-23-12-9-10-13-24(23)17-26/h7-17,21,27H,6,18-20H2,1-5H3,(H,30,34)/t27-/m0/s1. The zero-order valence-electron chi connectivity index (χ0n) is 22.3. The molecule has 1 atom stereocenters. The van der Waals surface area contributed by atoms with E-state index in [0.717, 1.165) is 26.2 Å². The van der Waals surface area contributed by atoms with Gasteiger partial charge in [0.05, 0.1) is 11.4 Å². The number of sulfonamides is 1. The van der Waals surface area contributed by atoms with E-state index in [1.807, 2.05) is 76.2 Å². The Kier molecular flexibility index (Phi) is 9.45. The molecule has 0 unspecified atom stereocenters. The van der Waals surface area contributed by atoms with Gasteiger partial charge in [-0.2, -0.15) is 4.31 Å². The van der Waals surface area contributed by atoms with Gasteiger partial charge in [-0.25, -0.2) is 8.42 Å². The lowest BCUT2D eigenvalue weighted by molar-refractivity contribution is -0.141. The Balaban J connectivity index is 1.88. The third-order valence-electron chi connectivity index (χ3n) is 6.46. The van der Waals surface area contributed by atoms with Crippen LogP contribution in [0.25, 0.3) is 10.8 Å². The number of fused-ring (bicyclic) bond motifs is 1. The Morgan fingerprint density at radius 3 is 2.24 bits per heavy atom. The molecular weight excluding hydrogens is 486 g/mol. The molecular formula is C29H37N3O4S. The highest BCUT2D eigenvalue weighted by molar-refractivity contribution is 7.89. The quantitative estimate of drug-likeness (QED) is 0.405. The van der Waals surface area contributed by atoms with Crippen LogP contribution in [0.1, 0.15) is 38.3 Å². The molecule has 0 bridgehead atoms. The summed E-state index contributed by atoms with van der Waals surface area (Å²) in [6.07, 6.45) is 0.405. The molecule has 3 aromatic rings. The first-order valence-corrected chi connectivity index (χ1v) is 14.1. The van der Waals surface area contributed by atoms with Crippen molar-refractivity contribution in [3.8, 4) is 0 Å². The molecule has 2 amide bonds. The van der Waals surface area contributed by atoms with Gasteiger partial charge in [-0.15, -0.1) is 0 Å². The van der Waals surface area contributed by atoms with Crippen LogP contribution in [0.4, 0.5) is 0 Å². The molecule has 0 fully saturated rings. The van der Waals surface area contributed by atoms with Gasteiger partial charge in [-0.3, -0.25) is 9.59 Å². The third-order valence-corrected chi connectivity index (χ3v) is 8.26. The van der Waals surface area contributed by atoms with E-state index in [1.165, 1.54) is 11.9 Å². The predicted molar refractivity (Wildman–Crippen MR) is 147 cm³/mol. The lowest BCUT2D eigenvalue weighted by atomic mass is 10.1. The van der Waals surface area contributed by atoms with Crippen molar-refractivity contribution in [3.63, 3.8) is 0 Å². The van der Waals surface area contributed by atoms with Crippen LogP contribution in [0.5, 0.6) is 0 Å². The average Bonchev–Trinajstić information content (AvgIpc) is 2.87. The highest BCUT2D eigenvalue weighted by atomic mass is 32.2. The minimum absolute atomic E-state index is 0.119. The van der Waals surface area contributed by atoms with Crippen LogP contribution in [-0.2, 0) is 26.2 Å². The van der Waals surface area contributed by atoms with Gasteiger partial charge in [-0.1, -0.05) is 75.4 Å². The Hall–Kier alpha value is -3.23. The molecule has 3 rings (SSSR count). The van der Waals surface area contributed by atoms with E-state index < -0.39 is 22.0 Å². The molecule has 0 aliphatic carbocycles. The second-order valence-electron chi connectivity index (χ2n) is 9.78. The number of carbonyl (C=O) groups excluding carboxylic acids is 2. The molecule has 0 aromatic heterocycles. The topological polar surface area (TPSA) is 86.8 Å². The normalized spacial score (nSPS) is 12.6. The zero-order valence-corrected chi connectivity index (χ0v) is 23.1. The molecule has 3 aromatic carbocycles. The van der Waals surface area contributed by atoms with E-state index in [4.69, 9.17) is 0 Å². The summed E-state index contributed by atoms with van der Waals surface area (Å²) >= 11 is 0. The molecule has 37 heavy (non-hydrogen) atoms. The number of likely N-dealkylation sites (N-methyl/N-ethyl adjacent to an activating group) is 1. The van der Waals surface area contributed by atoms with Crippen LogP contribution in [0.2, 0.25) is 0 Å². The van der Waals surface area contributed by atoms with E-state index in [-0.39, 0.29) is 29.8 Å². The summed E-state index contributed by atoms with van der Waals surface area (Å²) in [6.45, 7) is 8.14. The predicted octanol–water partition coefficient (Wildman–Crippen LogP) is 4.35. The van der Waals surface area contributed by atoms with Crippen LogP contribution < -0.4 is 5.32 Å². The number of rotatable bonds is 11. The number of carbonyl (C=O) groups is 2. The molecule has 0 aliphatic heterocycles. The summed E-state index contributed by atoms with van der Waals surface area (Å²) in [4.78, 5) is 28.4. The first-order valence-electron chi connectivity index (χ1n) is 12.6. The molecule has 7 nitrogen and oxygen atoms in total. The van der Waals surface area contributed by atoms with Gasteiger partial charge in [0, 0.05) is 20.1 Å². The van der Waals surface area contributed by atoms with Crippen molar-refractivity contribution in [2.75, 3.05) is 20.1 Å². The second kappa shape index (κ2) is 12.3. The minimum Gasteiger partial charge on any atom is -0.354 e. The van der Waals surface area contributed by atoms with Crippen molar-refractivity contribution in [1.82, 2.24) is 14.5 Å². The Labute approximate surface area is 220 Å². The van der Waals surface area contributed by atoms with E-state index in [9.17, 15) is 18.0 Å². The molecule has 0 aliphatic rings. The van der Waals surface area contributed by atoms with Crippen molar-refractivity contribution in [3.05, 3.63) is 77.9 Å². The Morgan fingerprint density at radius 1 is 0.946 bits per heavy atom. The molecule has 1 N–H and O–H groups in total. The van der Waals surface area contributed by atoms with E-state index in [0.29, 0.717) is 13.0 Å². The van der Waals surface area contributed by atoms with E-state index >= 15 is 0 Å². The van der Waals surface area contributed by atoms with Gasteiger partial charge in [0.2, 0.25) is 21.8 Å². The van der Waals surface area contributed by atoms with Crippen LogP contribution in [-0.4, -0.2) is 55.6 Å². The number of hydrogen-bond acceptors (Lipinski definition) is 4. The van der Waals surface area contributed by atoms with Crippen molar-refractivity contribution >= 4 is 32.6 Å². The Morgan fingerprint density at radius 2 is 1.59 bits per heavy atom. The molecule has 0 radical (unpaired) electrons. The van der Waals surface area contributed by atoms with Crippen molar-refractivity contribution in [2.24, 2.45) is 5.92 Å². The number of amides is 2. The average molecular weight is 524 g/mol. The van der Waals surface area contributed by atoms with E-state index in [2.05, 4.69) is 5.32 Å². The largest absolute Gasteiger partial charge is 0.354 e. The summed E-state index contributed by atoms with van der Waals surface area (Å²) in [5, 5.41) is 4.67. The lowest BCUT2D eigenvalue weighted by Gasteiger charge is -2.32. The third kappa shape index (κ3) is 6.96. The molecule has 0 spiro atoms. The van der Waals surface area contributed by atoms with Crippen molar-refractivity contribution in [2.45, 2.75) is 51.6 Å². The summed E-state index contributed by atoms with van der Waals surface area (Å²) in [7, 11) is -2.53. The maximum absolute atomic E-state index is 13.6. The van der Waals surface area contributed by atoms with Crippen molar-refractivity contribution in [1.29, 1.82) is 0 Å². The smallest absolute Gasteiger partial charge is 0.243 e. The van der Waals surface area contributed by atoms with Crippen LogP contribution in [0.15, 0.2) is 71.6 Å². The summed E-state index contributed by atoms with van der Waals surface area (Å²) in [5.41, 5.74) is 1.90. The molecule has 8 heteroatoms. The summed E-state index contributed by atoms with van der Waals surface area (Å²) in [5.74, 6) is -0.403. The van der Waals surface area contributed by atoms with Crippen molar-refractivity contribution < 1.29 is 18.0 Å². The molecule has 0 saturated heterocycles. The first-order chi connectivity index (χ1) is 17.5.